The van der Waals surface area contributed by atoms with Crippen LogP contribution in [-0.4, -0.2) is 29.8 Å². The normalized spacial score (nSPS) is 10.4. The first kappa shape index (κ1) is 12.4. The Labute approximate surface area is 84.1 Å². The number of nitrogens with zero attached hydrogens (tertiary/aromatic N) is 1. The van der Waals surface area contributed by atoms with E-state index in [0.29, 0.717) is 19.3 Å². The average Bonchev–Trinajstić information content (AvgIpc) is 2.15. The van der Waals surface area contributed by atoms with Gasteiger partial charge in [0.1, 0.15) is 5.54 Å². The fourth-order valence-electron chi connectivity index (χ4n) is 1.32. The van der Waals surface area contributed by atoms with Gasteiger partial charge in [0.15, 0.2) is 0 Å². The second-order valence-electron chi connectivity index (χ2n) is 3.10. The molecule has 0 rings (SSSR count). The smallest absolute Gasteiger partial charge is 0.244 e. The molecular formula is C10H16N2O2. The highest BCUT2D eigenvalue weighted by atomic mass is 16.2. The van der Waals surface area contributed by atoms with Crippen LogP contribution in [0.3, 0.4) is 0 Å². The zero-order valence-corrected chi connectivity index (χ0v) is 8.40. The van der Waals surface area contributed by atoms with Gasteiger partial charge in [-0.25, -0.2) is 0 Å². The molecule has 0 fully saturated rings. The van der Waals surface area contributed by atoms with E-state index in [9.17, 15) is 9.59 Å². The number of rotatable bonds is 7. The third-order valence-electron chi connectivity index (χ3n) is 2.26. The summed E-state index contributed by atoms with van der Waals surface area (Å²) < 4.78 is 0. The Morgan fingerprint density at radius 2 is 1.86 bits per heavy atom. The monoisotopic (exact) mass is 196 g/mol. The van der Waals surface area contributed by atoms with Gasteiger partial charge in [-0.1, -0.05) is 12.2 Å². The average molecular weight is 196 g/mol. The summed E-state index contributed by atoms with van der Waals surface area (Å²) in [5, 5.41) is 0. The molecule has 0 spiro atoms. The standard InChI is InChI=1S/C10H16N2O2/c1-4-6-10(7-5-2,9(11)14)12(3)8-13/h4-5,8H,1-2,6-7H2,3H3,(H2,11,14). The molecule has 2 amide bonds. The molecule has 0 saturated carbocycles. The van der Waals surface area contributed by atoms with Crippen molar-refractivity contribution < 1.29 is 9.59 Å². The molecule has 0 aromatic rings. The Morgan fingerprint density at radius 1 is 1.43 bits per heavy atom. The van der Waals surface area contributed by atoms with Gasteiger partial charge in [0.05, 0.1) is 0 Å². The first-order valence-corrected chi connectivity index (χ1v) is 4.25. The van der Waals surface area contributed by atoms with Crippen molar-refractivity contribution in [2.24, 2.45) is 5.73 Å². The Hall–Kier alpha value is -1.58. The Morgan fingerprint density at radius 3 is 2.07 bits per heavy atom. The van der Waals surface area contributed by atoms with Gasteiger partial charge in [0.25, 0.3) is 0 Å². The van der Waals surface area contributed by atoms with Crippen LogP contribution in [0.2, 0.25) is 0 Å². The summed E-state index contributed by atoms with van der Waals surface area (Å²) in [7, 11) is 1.52. The summed E-state index contributed by atoms with van der Waals surface area (Å²) in [5.74, 6) is -0.549. The van der Waals surface area contributed by atoms with Crippen molar-refractivity contribution in [2.75, 3.05) is 7.05 Å². The largest absolute Gasteiger partial charge is 0.368 e. The number of hydrogen-bond donors (Lipinski definition) is 1. The lowest BCUT2D eigenvalue weighted by Gasteiger charge is -2.35. The van der Waals surface area contributed by atoms with Crippen molar-refractivity contribution in [2.45, 2.75) is 18.4 Å². The van der Waals surface area contributed by atoms with E-state index in [0.717, 1.165) is 0 Å². The molecule has 0 heterocycles. The maximum Gasteiger partial charge on any atom is 0.244 e. The molecule has 0 aliphatic rings. The second kappa shape index (κ2) is 5.21. The molecule has 0 saturated heterocycles. The molecule has 0 radical (unpaired) electrons. The van der Waals surface area contributed by atoms with Crippen molar-refractivity contribution in [1.82, 2.24) is 4.90 Å². The molecule has 0 bridgehead atoms. The van der Waals surface area contributed by atoms with E-state index in [1.54, 1.807) is 12.2 Å². The Kier molecular flexibility index (Phi) is 4.63. The van der Waals surface area contributed by atoms with Gasteiger partial charge >= 0.3 is 0 Å². The minimum absolute atomic E-state index is 0.323. The molecule has 0 aliphatic heterocycles. The number of amides is 2. The van der Waals surface area contributed by atoms with Gasteiger partial charge in [-0.05, 0) is 12.8 Å². The maximum absolute atomic E-state index is 11.3. The molecule has 4 heteroatoms. The van der Waals surface area contributed by atoms with Crippen molar-refractivity contribution in [3.05, 3.63) is 25.3 Å². The first-order valence-electron chi connectivity index (χ1n) is 4.25. The molecule has 0 atom stereocenters. The highest BCUT2D eigenvalue weighted by molar-refractivity contribution is 5.87. The summed E-state index contributed by atoms with van der Waals surface area (Å²) in [6.45, 7) is 7.08. The summed E-state index contributed by atoms with van der Waals surface area (Å²) >= 11 is 0. The van der Waals surface area contributed by atoms with Gasteiger partial charge in [-0.15, -0.1) is 13.2 Å². The highest BCUT2D eigenvalue weighted by Gasteiger charge is 2.37. The Bertz CT molecular complexity index is 239. The zero-order valence-electron chi connectivity index (χ0n) is 8.40. The first-order chi connectivity index (χ1) is 6.55. The predicted octanol–water partition coefficient (Wildman–Crippen LogP) is 0.451. The SMILES string of the molecule is C=CCC(CC=C)(C(N)=O)N(C)C=O. The summed E-state index contributed by atoms with van der Waals surface area (Å²) in [6.07, 6.45) is 4.35. The van der Waals surface area contributed by atoms with E-state index in [4.69, 9.17) is 5.73 Å². The fraction of sp³-hybridized carbons (Fsp3) is 0.400. The maximum atomic E-state index is 11.3. The minimum atomic E-state index is -1.02. The van der Waals surface area contributed by atoms with Crippen LogP contribution < -0.4 is 5.73 Å². The van der Waals surface area contributed by atoms with Crippen LogP contribution in [0, 0.1) is 0 Å². The Balaban J connectivity index is 5.10. The van der Waals surface area contributed by atoms with E-state index in [1.165, 1.54) is 11.9 Å². The van der Waals surface area contributed by atoms with Gasteiger partial charge in [0.2, 0.25) is 12.3 Å². The van der Waals surface area contributed by atoms with Crippen LogP contribution in [0.25, 0.3) is 0 Å². The van der Waals surface area contributed by atoms with Crippen LogP contribution in [0.4, 0.5) is 0 Å². The number of primary amides is 1. The number of hydrogen-bond acceptors (Lipinski definition) is 2. The topological polar surface area (TPSA) is 63.4 Å². The van der Waals surface area contributed by atoms with Gasteiger partial charge in [-0.3, -0.25) is 9.59 Å². The van der Waals surface area contributed by atoms with Crippen LogP contribution in [-0.2, 0) is 9.59 Å². The van der Waals surface area contributed by atoms with Crippen LogP contribution in [0.1, 0.15) is 12.8 Å². The molecule has 2 N–H and O–H groups in total. The summed E-state index contributed by atoms with van der Waals surface area (Å²) in [6, 6.07) is 0. The molecular weight excluding hydrogens is 180 g/mol. The van der Waals surface area contributed by atoms with Crippen molar-refractivity contribution in [3.8, 4) is 0 Å². The van der Waals surface area contributed by atoms with Crippen LogP contribution >= 0.6 is 0 Å². The number of likely N-dealkylation sites (N-methyl/N-ethyl adjacent to an activating group) is 1. The number of nitrogens with two attached hydrogens (primary N) is 1. The molecule has 78 valence electrons. The molecule has 14 heavy (non-hydrogen) atoms. The molecule has 0 aliphatic carbocycles. The quantitative estimate of drug-likeness (QED) is 0.474. The molecule has 0 aromatic carbocycles. The lowest BCUT2D eigenvalue weighted by atomic mass is 9.89. The fourth-order valence-corrected chi connectivity index (χ4v) is 1.32. The molecule has 4 nitrogen and oxygen atoms in total. The van der Waals surface area contributed by atoms with E-state index >= 15 is 0 Å². The van der Waals surface area contributed by atoms with Crippen molar-refractivity contribution in [3.63, 3.8) is 0 Å². The van der Waals surface area contributed by atoms with E-state index < -0.39 is 11.4 Å². The highest BCUT2D eigenvalue weighted by Crippen LogP contribution is 2.22. The third kappa shape index (κ3) is 2.22. The summed E-state index contributed by atoms with van der Waals surface area (Å²) in [4.78, 5) is 23.2. The third-order valence-corrected chi connectivity index (χ3v) is 2.26. The lowest BCUT2D eigenvalue weighted by Crippen LogP contribution is -2.55. The van der Waals surface area contributed by atoms with E-state index in [1.807, 2.05) is 0 Å². The van der Waals surface area contributed by atoms with Gasteiger partial charge in [0, 0.05) is 7.05 Å². The number of carbonyl (C=O) groups excluding carboxylic acids is 2. The predicted molar refractivity (Wildman–Crippen MR) is 55.4 cm³/mol. The zero-order chi connectivity index (χ0) is 11.2. The lowest BCUT2D eigenvalue weighted by molar-refractivity contribution is -0.136. The minimum Gasteiger partial charge on any atom is -0.368 e. The second-order valence-corrected chi connectivity index (χ2v) is 3.10. The summed E-state index contributed by atoms with van der Waals surface area (Å²) in [5.41, 5.74) is 4.26. The molecule has 0 unspecified atom stereocenters. The van der Waals surface area contributed by atoms with Crippen LogP contribution in [0.15, 0.2) is 25.3 Å². The van der Waals surface area contributed by atoms with Gasteiger partial charge < -0.3 is 10.6 Å². The molecule has 0 aromatic heterocycles. The van der Waals surface area contributed by atoms with Crippen LogP contribution in [0.5, 0.6) is 0 Å². The van der Waals surface area contributed by atoms with Crippen molar-refractivity contribution >= 4 is 12.3 Å². The van der Waals surface area contributed by atoms with Crippen molar-refractivity contribution in [1.29, 1.82) is 0 Å². The van der Waals surface area contributed by atoms with Gasteiger partial charge in [-0.2, -0.15) is 0 Å². The van der Waals surface area contributed by atoms with E-state index in [2.05, 4.69) is 13.2 Å². The van der Waals surface area contributed by atoms with E-state index in [-0.39, 0.29) is 0 Å². The number of carbonyl (C=O) groups is 2.